The lowest BCUT2D eigenvalue weighted by atomic mass is 9.93. The largest absolute Gasteiger partial charge is 0.344 e. The van der Waals surface area contributed by atoms with Crippen molar-refractivity contribution in [1.29, 1.82) is 0 Å². The van der Waals surface area contributed by atoms with E-state index < -0.39 is 0 Å². The maximum Gasteiger partial charge on any atom is 0.120 e. The summed E-state index contributed by atoms with van der Waals surface area (Å²) >= 11 is 1.77. The van der Waals surface area contributed by atoms with Crippen LogP contribution in [-0.2, 0) is 18.4 Å². The molecule has 0 bridgehead atoms. The molecule has 0 saturated carbocycles. The maximum atomic E-state index is 4.54. The summed E-state index contributed by atoms with van der Waals surface area (Å²) < 4.78 is 0. The van der Waals surface area contributed by atoms with Gasteiger partial charge in [-0.2, -0.15) is 0 Å². The Hall–Kier alpha value is -1.20. The first-order chi connectivity index (χ1) is 10.0. The Labute approximate surface area is 130 Å². The minimum absolute atomic E-state index is 0.142. The van der Waals surface area contributed by atoms with Gasteiger partial charge in [0, 0.05) is 41.8 Å². The highest BCUT2D eigenvalue weighted by molar-refractivity contribution is 7.09. The molecule has 0 aromatic carbocycles. The van der Waals surface area contributed by atoms with Crippen LogP contribution >= 0.6 is 11.3 Å². The summed E-state index contributed by atoms with van der Waals surface area (Å²) in [4.78, 5) is 14.9. The maximum absolute atomic E-state index is 4.54. The highest BCUT2D eigenvalue weighted by Crippen LogP contribution is 2.24. The van der Waals surface area contributed by atoms with Gasteiger partial charge in [-0.1, -0.05) is 20.8 Å². The lowest BCUT2D eigenvalue weighted by Crippen LogP contribution is -2.21. The minimum Gasteiger partial charge on any atom is -0.344 e. The standard InChI is InChI=1S/C16H24N4S/c1-16(2,3)13-9-18-14(19-13)11-20-6-4-12(10-20)8-15-17-5-7-21-15/h5,7,9,12H,4,6,8,10-11H2,1-3H3,(H,18,19). The van der Waals surface area contributed by atoms with Crippen molar-refractivity contribution >= 4 is 11.3 Å². The zero-order valence-electron chi connectivity index (χ0n) is 13.1. The van der Waals surface area contributed by atoms with Crippen LogP contribution in [0.1, 0.15) is 43.7 Å². The smallest absolute Gasteiger partial charge is 0.120 e. The van der Waals surface area contributed by atoms with E-state index in [0.717, 1.165) is 31.3 Å². The topological polar surface area (TPSA) is 44.8 Å². The summed E-state index contributed by atoms with van der Waals surface area (Å²) in [6, 6.07) is 0. The van der Waals surface area contributed by atoms with Gasteiger partial charge in [-0.3, -0.25) is 4.90 Å². The van der Waals surface area contributed by atoms with Gasteiger partial charge < -0.3 is 4.98 Å². The molecular formula is C16H24N4S. The van der Waals surface area contributed by atoms with Crippen molar-refractivity contribution in [3.63, 3.8) is 0 Å². The summed E-state index contributed by atoms with van der Waals surface area (Å²) in [6.45, 7) is 9.90. The Kier molecular flexibility index (Phi) is 4.13. The minimum atomic E-state index is 0.142. The van der Waals surface area contributed by atoms with Crippen LogP contribution in [0.2, 0.25) is 0 Å². The number of aromatic amines is 1. The first kappa shape index (κ1) is 14.7. The average molecular weight is 304 g/mol. The van der Waals surface area contributed by atoms with Gasteiger partial charge in [-0.15, -0.1) is 11.3 Å². The monoisotopic (exact) mass is 304 g/mol. The predicted octanol–water partition coefficient (Wildman–Crippen LogP) is 3.23. The van der Waals surface area contributed by atoms with E-state index in [4.69, 9.17) is 0 Å². The van der Waals surface area contributed by atoms with Crippen LogP contribution in [0, 0.1) is 5.92 Å². The summed E-state index contributed by atoms with van der Waals surface area (Å²) in [7, 11) is 0. The van der Waals surface area contributed by atoms with E-state index in [1.165, 1.54) is 23.7 Å². The van der Waals surface area contributed by atoms with E-state index in [9.17, 15) is 0 Å². The van der Waals surface area contributed by atoms with Crippen LogP contribution in [0.3, 0.4) is 0 Å². The second-order valence-corrected chi connectivity index (χ2v) is 7.99. The Balaban J connectivity index is 1.54. The lowest BCUT2D eigenvalue weighted by molar-refractivity contribution is 0.309. The van der Waals surface area contributed by atoms with Crippen molar-refractivity contribution in [3.05, 3.63) is 34.3 Å². The van der Waals surface area contributed by atoms with Crippen LogP contribution in [0.25, 0.3) is 0 Å². The van der Waals surface area contributed by atoms with Gasteiger partial charge in [0.05, 0.1) is 11.6 Å². The van der Waals surface area contributed by atoms with Crippen molar-refractivity contribution < 1.29 is 0 Å². The van der Waals surface area contributed by atoms with E-state index in [1.807, 2.05) is 12.4 Å². The van der Waals surface area contributed by atoms with E-state index >= 15 is 0 Å². The molecule has 1 saturated heterocycles. The second-order valence-electron chi connectivity index (χ2n) is 7.01. The second kappa shape index (κ2) is 5.89. The number of hydrogen-bond acceptors (Lipinski definition) is 4. The number of likely N-dealkylation sites (tertiary alicyclic amines) is 1. The number of nitrogens with zero attached hydrogens (tertiary/aromatic N) is 3. The molecule has 1 atom stereocenters. The Morgan fingerprint density at radius 1 is 1.38 bits per heavy atom. The van der Waals surface area contributed by atoms with Crippen LogP contribution < -0.4 is 0 Å². The molecular weight excluding hydrogens is 280 g/mol. The molecule has 1 fully saturated rings. The van der Waals surface area contributed by atoms with E-state index in [1.54, 1.807) is 11.3 Å². The Morgan fingerprint density at radius 3 is 2.90 bits per heavy atom. The quantitative estimate of drug-likeness (QED) is 0.943. The molecule has 0 amide bonds. The van der Waals surface area contributed by atoms with Crippen molar-refractivity contribution in [2.75, 3.05) is 13.1 Å². The third-order valence-corrected chi connectivity index (χ3v) is 4.93. The van der Waals surface area contributed by atoms with Gasteiger partial charge in [0.1, 0.15) is 5.82 Å². The van der Waals surface area contributed by atoms with Crippen molar-refractivity contribution in [1.82, 2.24) is 19.9 Å². The molecule has 1 aliphatic rings. The van der Waals surface area contributed by atoms with Gasteiger partial charge in [0.15, 0.2) is 0 Å². The number of imidazole rings is 1. The molecule has 5 heteroatoms. The van der Waals surface area contributed by atoms with Gasteiger partial charge in [-0.25, -0.2) is 9.97 Å². The van der Waals surface area contributed by atoms with Gasteiger partial charge >= 0.3 is 0 Å². The fourth-order valence-corrected chi connectivity index (χ4v) is 3.59. The number of aromatic nitrogens is 3. The highest BCUT2D eigenvalue weighted by atomic mass is 32.1. The van der Waals surface area contributed by atoms with Crippen molar-refractivity contribution in [2.24, 2.45) is 5.92 Å². The number of hydrogen-bond donors (Lipinski definition) is 1. The van der Waals surface area contributed by atoms with Crippen LogP contribution in [0.15, 0.2) is 17.8 Å². The van der Waals surface area contributed by atoms with E-state index in [-0.39, 0.29) is 5.41 Å². The fourth-order valence-electron chi connectivity index (χ4n) is 2.86. The first-order valence-corrected chi connectivity index (χ1v) is 8.54. The summed E-state index contributed by atoms with van der Waals surface area (Å²) in [6.07, 6.45) is 6.29. The normalized spacial score (nSPS) is 20.2. The lowest BCUT2D eigenvalue weighted by Gasteiger charge is -2.16. The van der Waals surface area contributed by atoms with Crippen molar-refractivity contribution in [2.45, 2.75) is 45.6 Å². The van der Waals surface area contributed by atoms with Gasteiger partial charge in [0.2, 0.25) is 0 Å². The summed E-state index contributed by atoms with van der Waals surface area (Å²) in [5.41, 5.74) is 1.36. The summed E-state index contributed by atoms with van der Waals surface area (Å²) in [5.74, 6) is 1.84. The molecule has 2 aromatic heterocycles. The molecule has 4 nitrogen and oxygen atoms in total. The molecule has 3 heterocycles. The third kappa shape index (κ3) is 3.71. The zero-order chi connectivity index (χ0) is 14.9. The van der Waals surface area contributed by atoms with E-state index in [2.05, 4.69) is 46.0 Å². The molecule has 3 rings (SSSR count). The van der Waals surface area contributed by atoms with Gasteiger partial charge in [0.25, 0.3) is 0 Å². The number of rotatable bonds is 4. The first-order valence-electron chi connectivity index (χ1n) is 7.66. The average Bonchev–Trinajstić information content (AvgIpc) is 3.11. The van der Waals surface area contributed by atoms with Crippen LogP contribution in [-0.4, -0.2) is 32.9 Å². The zero-order valence-corrected chi connectivity index (χ0v) is 13.9. The third-order valence-electron chi connectivity index (χ3n) is 4.13. The fraction of sp³-hybridized carbons (Fsp3) is 0.625. The molecule has 1 N–H and O–H groups in total. The molecule has 1 aliphatic heterocycles. The molecule has 21 heavy (non-hydrogen) atoms. The molecule has 114 valence electrons. The highest BCUT2D eigenvalue weighted by Gasteiger charge is 2.24. The molecule has 0 aliphatic carbocycles. The number of nitrogens with one attached hydrogen (secondary N) is 1. The van der Waals surface area contributed by atoms with Crippen LogP contribution in [0.5, 0.6) is 0 Å². The Bertz CT molecular complexity index is 567. The van der Waals surface area contributed by atoms with Crippen molar-refractivity contribution in [3.8, 4) is 0 Å². The van der Waals surface area contributed by atoms with Crippen LogP contribution in [0.4, 0.5) is 0 Å². The number of H-pyrrole nitrogens is 1. The molecule has 0 radical (unpaired) electrons. The molecule has 2 aromatic rings. The predicted molar refractivity (Wildman–Crippen MR) is 86.5 cm³/mol. The summed E-state index contributed by atoms with van der Waals surface area (Å²) in [5, 5.41) is 3.34. The molecule has 1 unspecified atom stereocenters. The number of thiazole rings is 1. The SMILES string of the molecule is CC(C)(C)c1cnc(CN2CCC(Cc3nccs3)C2)[nH]1. The molecule has 0 spiro atoms. The van der Waals surface area contributed by atoms with E-state index in [0.29, 0.717) is 0 Å². The van der Waals surface area contributed by atoms with Gasteiger partial charge in [-0.05, 0) is 18.9 Å². The Morgan fingerprint density at radius 2 is 2.24 bits per heavy atom.